The van der Waals surface area contributed by atoms with E-state index in [-0.39, 0.29) is 10.8 Å². The van der Waals surface area contributed by atoms with Crippen molar-refractivity contribution in [1.29, 1.82) is 0 Å². The second-order valence-electron chi connectivity index (χ2n) is 6.06. The van der Waals surface area contributed by atoms with E-state index in [2.05, 4.69) is 15.3 Å². The van der Waals surface area contributed by atoms with E-state index >= 15 is 0 Å². The molecular weight excluding hydrogens is 370 g/mol. The Labute approximate surface area is 157 Å². The summed E-state index contributed by atoms with van der Waals surface area (Å²) >= 11 is 0. The van der Waals surface area contributed by atoms with Gasteiger partial charge in [-0.15, -0.1) is 0 Å². The molecule has 1 saturated heterocycles. The van der Waals surface area contributed by atoms with Crippen LogP contribution in [0.25, 0.3) is 0 Å². The van der Waals surface area contributed by atoms with Crippen LogP contribution in [0.1, 0.15) is 16.1 Å². The molecule has 1 aliphatic rings. The van der Waals surface area contributed by atoms with Crippen LogP contribution in [0.3, 0.4) is 0 Å². The first kappa shape index (κ1) is 19.2. The van der Waals surface area contributed by atoms with Crippen LogP contribution in [0, 0.1) is 0 Å². The largest absolute Gasteiger partial charge is 0.378 e. The summed E-state index contributed by atoms with van der Waals surface area (Å²) in [5.41, 5.74) is 1.27. The monoisotopic (exact) mass is 391 g/mol. The van der Waals surface area contributed by atoms with Crippen molar-refractivity contribution >= 4 is 21.7 Å². The molecule has 27 heavy (non-hydrogen) atoms. The number of benzene rings is 1. The normalized spacial score (nSPS) is 14.8. The summed E-state index contributed by atoms with van der Waals surface area (Å²) in [6, 6.07) is 6.40. The first-order chi connectivity index (χ1) is 12.9. The average molecular weight is 391 g/mol. The van der Waals surface area contributed by atoms with Crippen molar-refractivity contribution in [3.63, 3.8) is 0 Å². The van der Waals surface area contributed by atoms with E-state index in [0.29, 0.717) is 50.8 Å². The number of ether oxygens (including phenoxy) is 1. The highest BCUT2D eigenvalue weighted by atomic mass is 32.2. The fourth-order valence-electron chi connectivity index (χ4n) is 2.64. The van der Waals surface area contributed by atoms with Gasteiger partial charge in [0.1, 0.15) is 11.5 Å². The van der Waals surface area contributed by atoms with Gasteiger partial charge >= 0.3 is 0 Å². The van der Waals surface area contributed by atoms with Crippen molar-refractivity contribution in [2.24, 2.45) is 5.14 Å². The third-order valence-electron chi connectivity index (χ3n) is 4.14. The summed E-state index contributed by atoms with van der Waals surface area (Å²) in [4.78, 5) is 22.5. The van der Waals surface area contributed by atoms with Crippen molar-refractivity contribution in [1.82, 2.24) is 14.9 Å². The SMILES string of the molecule is NS(=O)(=O)c1ccc(CCNc2cnc(C(=O)N3CCOCC3)cn2)cc1. The zero-order valence-electron chi connectivity index (χ0n) is 14.7. The fourth-order valence-corrected chi connectivity index (χ4v) is 3.15. The average Bonchev–Trinajstić information content (AvgIpc) is 2.68. The molecule has 1 aliphatic heterocycles. The predicted octanol–water partition coefficient (Wildman–Crippen LogP) is 0.251. The van der Waals surface area contributed by atoms with E-state index in [1.165, 1.54) is 24.5 Å². The summed E-state index contributed by atoms with van der Waals surface area (Å²) in [5.74, 6) is 0.418. The van der Waals surface area contributed by atoms with Gasteiger partial charge in [-0.1, -0.05) is 12.1 Å². The van der Waals surface area contributed by atoms with E-state index < -0.39 is 10.0 Å². The van der Waals surface area contributed by atoms with Crippen molar-refractivity contribution in [2.75, 3.05) is 38.2 Å². The molecule has 0 radical (unpaired) electrons. The quantitative estimate of drug-likeness (QED) is 0.722. The topological polar surface area (TPSA) is 128 Å². The Hall–Kier alpha value is -2.56. The molecule has 0 bridgehead atoms. The van der Waals surface area contributed by atoms with Gasteiger partial charge in [-0.25, -0.2) is 23.5 Å². The van der Waals surface area contributed by atoms with Crippen LogP contribution in [-0.4, -0.2) is 62.0 Å². The number of nitrogens with zero attached hydrogens (tertiary/aromatic N) is 3. The molecule has 1 aromatic carbocycles. The molecule has 1 fully saturated rings. The number of carbonyl (C=O) groups is 1. The molecule has 0 aliphatic carbocycles. The lowest BCUT2D eigenvalue weighted by Crippen LogP contribution is -2.41. The Morgan fingerprint density at radius 2 is 1.85 bits per heavy atom. The Balaban J connectivity index is 1.50. The highest BCUT2D eigenvalue weighted by molar-refractivity contribution is 7.89. The van der Waals surface area contributed by atoms with E-state index in [0.717, 1.165) is 5.56 Å². The van der Waals surface area contributed by atoms with E-state index in [9.17, 15) is 13.2 Å². The fraction of sp³-hybridized carbons (Fsp3) is 0.353. The molecule has 10 heteroatoms. The molecule has 144 valence electrons. The number of primary sulfonamides is 1. The Bertz CT molecular complexity index is 879. The van der Waals surface area contributed by atoms with Gasteiger partial charge in [-0.05, 0) is 24.1 Å². The third-order valence-corrected chi connectivity index (χ3v) is 5.07. The third kappa shape index (κ3) is 5.22. The minimum absolute atomic E-state index is 0.0885. The molecule has 0 unspecified atom stereocenters. The molecule has 1 aromatic heterocycles. The summed E-state index contributed by atoms with van der Waals surface area (Å²) in [6.07, 6.45) is 3.65. The number of nitrogens with two attached hydrogens (primary N) is 1. The van der Waals surface area contributed by atoms with Gasteiger partial charge in [0.25, 0.3) is 5.91 Å². The minimum Gasteiger partial charge on any atom is -0.378 e. The molecule has 3 N–H and O–H groups in total. The zero-order valence-corrected chi connectivity index (χ0v) is 15.5. The second-order valence-corrected chi connectivity index (χ2v) is 7.62. The van der Waals surface area contributed by atoms with Crippen LogP contribution >= 0.6 is 0 Å². The van der Waals surface area contributed by atoms with Crippen molar-refractivity contribution < 1.29 is 17.9 Å². The lowest BCUT2D eigenvalue weighted by atomic mass is 10.1. The van der Waals surface area contributed by atoms with Crippen LogP contribution < -0.4 is 10.5 Å². The van der Waals surface area contributed by atoms with Crippen LogP contribution in [0.2, 0.25) is 0 Å². The smallest absolute Gasteiger partial charge is 0.274 e. The number of sulfonamides is 1. The molecule has 2 aromatic rings. The maximum Gasteiger partial charge on any atom is 0.274 e. The molecule has 0 atom stereocenters. The Kier molecular flexibility index (Phi) is 5.99. The van der Waals surface area contributed by atoms with Crippen molar-refractivity contribution in [3.05, 3.63) is 47.9 Å². The number of carbonyl (C=O) groups excluding carboxylic acids is 1. The van der Waals surface area contributed by atoms with E-state index in [1.54, 1.807) is 17.0 Å². The number of anilines is 1. The lowest BCUT2D eigenvalue weighted by molar-refractivity contribution is 0.0298. The first-order valence-electron chi connectivity index (χ1n) is 8.48. The van der Waals surface area contributed by atoms with E-state index in [4.69, 9.17) is 9.88 Å². The van der Waals surface area contributed by atoms with Gasteiger partial charge in [-0.2, -0.15) is 0 Å². The summed E-state index contributed by atoms with van der Waals surface area (Å²) < 4.78 is 27.7. The number of hydrogen-bond donors (Lipinski definition) is 2. The van der Waals surface area contributed by atoms with Gasteiger partial charge in [0.2, 0.25) is 10.0 Å². The zero-order chi connectivity index (χ0) is 19.3. The molecular formula is C17H21N5O4S. The van der Waals surface area contributed by atoms with Crippen LogP contribution in [-0.2, 0) is 21.2 Å². The number of morpholine rings is 1. The number of amides is 1. The second kappa shape index (κ2) is 8.42. The predicted molar refractivity (Wildman–Crippen MR) is 98.8 cm³/mol. The molecule has 2 heterocycles. The number of hydrogen-bond acceptors (Lipinski definition) is 7. The van der Waals surface area contributed by atoms with Crippen LogP contribution in [0.4, 0.5) is 5.82 Å². The summed E-state index contributed by atoms with van der Waals surface area (Å²) in [5, 5.41) is 8.20. The number of aromatic nitrogens is 2. The highest BCUT2D eigenvalue weighted by Gasteiger charge is 2.19. The minimum atomic E-state index is -3.67. The van der Waals surface area contributed by atoms with Gasteiger partial charge in [0.05, 0.1) is 30.5 Å². The standard InChI is InChI=1S/C17H21N5O4S/c18-27(24,25)14-3-1-13(2-4-14)5-6-19-16-12-20-15(11-21-16)17(23)22-7-9-26-10-8-22/h1-4,11-12H,5-10H2,(H,19,21)(H2,18,24,25). The number of nitrogens with one attached hydrogen (secondary N) is 1. The van der Waals surface area contributed by atoms with Gasteiger partial charge < -0.3 is 15.0 Å². The summed E-state index contributed by atoms with van der Waals surface area (Å²) in [6.45, 7) is 2.78. The molecule has 1 amide bonds. The Morgan fingerprint density at radius 1 is 1.15 bits per heavy atom. The van der Waals surface area contributed by atoms with Crippen LogP contribution in [0.15, 0.2) is 41.6 Å². The molecule has 9 nitrogen and oxygen atoms in total. The van der Waals surface area contributed by atoms with Crippen molar-refractivity contribution in [2.45, 2.75) is 11.3 Å². The highest BCUT2D eigenvalue weighted by Crippen LogP contribution is 2.10. The lowest BCUT2D eigenvalue weighted by Gasteiger charge is -2.26. The molecule has 0 spiro atoms. The van der Waals surface area contributed by atoms with Gasteiger partial charge in [0, 0.05) is 19.6 Å². The molecule has 3 rings (SSSR count). The summed E-state index contributed by atoms with van der Waals surface area (Å²) in [7, 11) is -3.67. The van der Waals surface area contributed by atoms with E-state index in [1.807, 2.05) is 0 Å². The Morgan fingerprint density at radius 3 is 2.44 bits per heavy atom. The maximum atomic E-state index is 12.3. The maximum absolute atomic E-state index is 12.3. The first-order valence-corrected chi connectivity index (χ1v) is 10.0. The van der Waals surface area contributed by atoms with Crippen LogP contribution in [0.5, 0.6) is 0 Å². The van der Waals surface area contributed by atoms with Gasteiger partial charge in [-0.3, -0.25) is 4.79 Å². The van der Waals surface area contributed by atoms with Crippen molar-refractivity contribution in [3.8, 4) is 0 Å². The molecule has 0 saturated carbocycles. The number of rotatable bonds is 6. The van der Waals surface area contributed by atoms with Gasteiger partial charge in [0.15, 0.2) is 0 Å².